The summed E-state index contributed by atoms with van der Waals surface area (Å²) in [4.78, 5) is 0. The van der Waals surface area contributed by atoms with Crippen molar-refractivity contribution in [1.29, 1.82) is 0 Å². The molecule has 1 aromatic carbocycles. The Morgan fingerprint density at radius 1 is 1.55 bits per heavy atom. The SMILES string of the molecule is CCc1ccc(I)cc1NN. The Balaban J connectivity index is 3.06. The van der Waals surface area contributed by atoms with Gasteiger partial charge in [-0.25, -0.2) is 0 Å². The van der Waals surface area contributed by atoms with Gasteiger partial charge in [0.15, 0.2) is 0 Å². The number of rotatable bonds is 2. The highest BCUT2D eigenvalue weighted by atomic mass is 127. The van der Waals surface area contributed by atoms with Gasteiger partial charge in [-0.15, -0.1) is 0 Å². The number of nitrogen functional groups attached to an aromatic ring is 1. The van der Waals surface area contributed by atoms with Crippen LogP contribution in [-0.2, 0) is 6.42 Å². The number of benzene rings is 1. The molecule has 0 aliphatic carbocycles. The fraction of sp³-hybridized carbons (Fsp3) is 0.250. The lowest BCUT2D eigenvalue weighted by Gasteiger charge is -2.06. The Morgan fingerprint density at radius 2 is 2.27 bits per heavy atom. The Hall–Kier alpha value is -0.290. The topological polar surface area (TPSA) is 38.0 Å². The van der Waals surface area contributed by atoms with Crippen LogP contribution in [0.2, 0.25) is 0 Å². The van der Waals surface area contributed by atoms with E-state index in [2.05, 4.69) is 47.1 Å². The maximum absolute atomic E-state index is 5.34. The minimum absolute atomic E-state index is 1.01. The van der Waals surface area contributed by atoms with Gasteiger partial charge in [0, 0.05) is 3.57 Å². The van der Waals surface area contributed by atoms with Crippen molar-refractivity contribution in [1.82, 2.24) is 0 Å². The van der Waals surface area contributed by atoms with E-state index in [4.69, 9.17) is 5.84 Å². The second kappa shape index (κ2) is 3.92. The summed E-state index contributed by atoms with van der Waals surface area (Å²) >= 11 is 2.27. The number of hydrazine groups is 1. The van der Waals surface area contributed by atoms with Crippen molar-refractivity contribution < 1.29 is 0 Å². The minimum atomic E-state index is 1.01. The van der Waals surface area contributed by atoms with Gasteiger partial charge >= 0.3 is 0 Å². The molecule has 0 amide bonds. The fourth-order valence-electron chi connectivity index (χ4n) is 0.991. The van der Waals surface area contributed by atoms with Gasteiger partial charge in [-0.05, 0) is 46.7 Å². The Morgan fingerprint density at radius 3 is 2.82 bits per heavy atom. The van der Waals surface area contributed by atoms with E-state index in [0.29, 0.717) is 0 Å². The number of nitrogens with one attached hydrogen (secondary N) is 1. The molecule has 2 nitrogen and oxygen atoms in total. The molecule has 0 fully saturated rings. The largest absolute Gasteiger partial charge is 0.324 e. The minimum Gasteiger partial charge on any atom is -0.324 e. The predicted octanol–water partition coefficient (Wildman–Crippen LogP) is 2.14. The number of aryl methyl sites for hydroxylation is 1. The van der Waals surface area contributed by atoms with Gasteiger partial charge in [0.2, 0.25) is 0 Å². The van der Waals surface area contributed by atoms with Crippen molar-refractivity contribution in [3.05, 3.63) is 27.3 Å². The van der Waals surface area contributed by atoms with E-state index in [1.165, 1.54) is 9.13 Å². The molecule has 0 heterocycles. The van der Waals surface area contributed by atoms with E-state index < -0.39 is 0 Å². The maximum Gasteiger partial charge on any atom is 0.0527 e. The summed E-state index contributed by atoms with van der Waals surface area (Å²) in [5, 5.41) is 0. The molecular weight excluding hydrogens is 251 g/mol. The van der Waals surface area contributed by atoms with Crippen LogP contribution in [0.25, 0.3) is 0 Å². The third-order valence-corrected chi connectivity index (χ3v) is 2.28. The maximum atomic E-state index is 5.34. The first-order chi connectivity index (χ1) is 5.27. The molecule has 1 rings (SSSR count). The first-order valence-corrected chi connectivity index (χ1v) is 4.61. The number of anilines is 1. The molecule has 3 heteroatoms. The molecule has 0 aliphatic heterocycles. The van der Waals surface area contributed by atoms with E-state index in [9.17, 15) is 0 Å². The summed E-state index contributed by atoms with van der Waals surface area (Å²) in [7, 11) is 0. The lowest BCUT2D eigenvalue weighted by molar-refractivity contribution is 1.13. The second-order valence-electron chi connectivity index (χ2n) is 2.30. The van der Waals surface area contributed by atoms with Crippen molar-refractivity contribution in [2.75, 3.05) is 5.43 Å². The van der Waals surface area contributed by atoms with Gasteiger partial charge in [-0.2, -0.15) is 0 Å². The van der Waals surface area contributed by atoms with Crippen LogP contribution in [0.1, 0.15) is 12.5 Å². The zero-order chi connectivity index (χ0) is 8.27. The fourth-order valence-corrected chi connectivity index (χ4v) is 1.48. The van der Waals surface area contributed by atoms with Gasteiger partial charge in [0.05, 0.1) is 5.69 Å². The normalized spacial score (nSPS) is 9.73. The molecule has 0 radical (unpaired) electrons. The molecule has 11 heavy (non-hydrogen) atoms. The monoisotopic (exact) mass is 262 g/mol. The van der Waals surface area contributed by atoms with Gasteiger partial charge in [0.25, 0.3) is 0 Å². The first-order valence-electron chi connectivity index (χ1n) is 3.53. The Bertz CT molecular complexity index is 248. The van der Waals surface area contributed by atoms with Crippen molar-refractivity contribution in [2.45, 2.75) is 13.3 Å². The lowest BCUT2D eigenvalue weighted by atomic mass is 10.1. The van der Waals surface area contributed by atoms with Crippen LogP contribution >= 0.6 is 22.6 Å². The standard InChI is InChI=1S/C8H11IN2/c1-2-6-3-4-7(9)5-8(6)11-10/h3-5,11H,2,10H2,1H3. The zero-order valence-electron chi connectivity index (χ0n) is 6.39. The highest BCUT2D eigenvalue weighted by Crippen LogP contribution is 2.18. The third-order valence-electron chi connectivity index (χ3n) is 1.61. The van der Waals surface area contributed by atoms with Crippen molar-refractivity contribution in [2.24, 2.45) is 5.84 Å². The summed E-state index contributed by atoms with van der Waals surface area (Å²) in [6.45, 7) is 2.11. The molecule has 0 unspecified atom stereocenters. The second-order valence-corrected chi connectivity index (χ2v) is 3.54. The van der Waals surface area contributed by atoms with Crippen LogP contribution in [0.3, 0.4) is 0 Å². The third kappa shape index (κ3) is 2.07. The highest BCUT2D eigenvalue weighted by molar-refractivity contribution is 14.1. The van der Waals surface area contributed by atoms with Crippen molar-refractivity contribution >= 4 is 28.3 Å². The molecule has 0 bridgehead atoms. The molecule has 0 saturated carbocycles. The zero-order valence-corrected chi connectivity index (χ0v) is 8.55. The van der Waals surface area contributed by atoms with E-state index in [-0.39, 0.29) is 0 Å². The molecule has 0 atom stereocenters. The molecule has 0 saturated heterocycles. The highest BCUT2D eigenvalue weighted by Gasteiger charge is 1.97. The Kier molecular flexibility index (Phi) is 3.14. The van der Waals surface area contributed by atoms with Crippen LogP contribution in [0.15, 0.2) is 18.2 Å². The number of halogens is 1. The number of hydrogen-bond donors (Lipinski definition) is 2. The van der Waals surface area contributed by atoms with Crippen LogP contribution < -0.4 is 11.3 Å². The van der Waals surface area contributed by atoms with Crippen LogP contribution in [0.5, 0.6) is 0 Å². The number of hydrogen-bond acceptors (Lipinski definition) is 2. The molecule has 3 N–H and O–H groups in total. The summed E-state index contributed by atoms with van der Waals surface area (Å²) in [5.74, 6) is 5.34. The van der Waals surface area contributed by atoms with Gasteiger partial charge < -0.3 is 5.43 Å². The summed E-state index contributed by atoms with van der Waals surface area (Å²) in [6, 6.07) is 6.22. The molecule has 0 aliphatic rings. The van der Waals surface area contributed by atoms with Crippen LogP contribution in [0.4, 0.5) is 5.69 Å². The molecule has 1 aromatic rings. The molecule has 0 spiro atoms. The molecule has 60 valence electrons. The molecular formula is C8H11IN2. The average Bonchev–Trinajstić information content (AvgIpc) is 2.04. The van der Waals surface area contributed by atoms with Crippen molar-refractivity contribution in [3.8, 4) is 0 Å². The summed E-state index contributed by atoms with van der Waals surface area (Å²) < 4.78 is 1.20. The van der Waals surface area contributed by atoms with E-state index >= 15 is 0 Å². The Labute approximate surface area is 80.3 Å². The first kappa shape index (κ1) is 8.80. The lowest BCUT2D eigenvalue weighted by Crippen LogP contribution is -2.09. The number of nitrogens with two attached hydrogens (primary N) is 1. The van der Waals surface area contributed by atoms with E-state index in [1.807, 2.05) is 6.07 Å². The van der Waals surface area contributed by atoms with Crippen LogP contribution in [-0.4, -0.2) is 0 Å². The predicted molar refractivity (Wildman–Crippen MR) is 56.3 cm³/mol. The molecule has 0 aromatic heterocycles. The smallest absolute Gasteiger partial charge is 0.0527 e. The quantitative estimate of drug-likeness (QED) is 0.487. The van der Waals surface area contributed by atoms with E-state index in [0.717, 1.165) is 12.1 Å². The van der Waals surface area contributed by atoms with Crippen LogP contribution in [0, 0.1) is 3.57 Å². The van der Waals surface area contributed by atoms with E-state index in [1.54, 1.807) is 0 Å². The summed E-state index contributed by atoms with van der Waals surface area (Å²) in [5.41, 5.74) is 4.97. The van der Waals surface area contributed by atoms with Gasteiger partial charge in [-0.3, -0.25) is 5.84 Å². The average molecular weight is 262 g/mol. The van der Waals surface area contributed by atoms with Crippen molar-refractivity contribution in [3.63, 3.8) is 0 Å². The van der Waals surface area contributed by atoms with Gasteiger partial charge in [-0.1, -0.05) is 13.0 Å². The summed E-state index contributed by atoms with van der Waals surface area (Å²) in [6.07, 6.45) is 1.01. The van der Waals surface area contributed by atoms with Gasteiger partial charge in [0.1, 0.15) is 0 Å².